The fourth-order valence-electron chi connectivity index (χ4n) is 2.36. The molecule has 1 amide bonds. The number of carbonyl (C=O) groups is 1. The van der Waals surface area contributed by atoms with Crippen LogP contribution in [0.3, 0.4) is 0 Å². The summed E-state index contributed by atoms with van der Waals surface area (Å²) in [4.78, 5) is 13.6. The van der Waals surface area contributed by atoms with E-state index in [2.05, 4.69) is 19.7 Å². The maximum Gasteiger partial charge on any atom is 0.271 e. The van der Waals surface area contributed by atoms with Crippen LogP contribution in [0.4, 0.5) is 10.1 Å². The van der Waals surface area contributed by atoms with E-state index in [-0.39, 0.29) is 17.8 Å². The molecule has 0 bridgehead atoms. The van der Waals surface area contributed by atoms with Crippen molar-refractivity contribution >= 4 is 11.6 Å². The first-order valence-electron chi connectivity index (χ1n) is 6.43. The van der Waals surface area contributed by atoms with Gasteiger partial charge in [0.05, 0.1) is 11.4 Å². The number of hydrogen-bond acceptors (Lipinski definition) is 2. The van der Waals surface area contributed by atoms with Gasteiger partial charge in [0.1, 0.15) is 0 Å². The van der Waals surface area contributed by atoms with Crippen LogP contribution in [0.5, 0.6) is 0 Å². The minimum Gasteiger partial charge on any atom is -0.285 e. The number of nitrogens with zero attached hydrogens (tertiary/aromatic N) is 2. The van der Waals surface area contributed by atoms with Crippen LogP contribution in [0, 0.1) is 5.82 Å². The molecule has 1 aromatic rings. The van der Waals surface area contributed by atoms with Crippen molar-refractivity contribution in [2.24, 2.45) is 0 Å². The van der Waals surface area contributed by atoms with Crippen molar-refractivity contribution in [2.45, 2.75) is 13.3 Å². The standard InChI is InChI=1S/C16H16FN2O2/c1-5-11-10(4)19(16(20)12(11)6-2)14-8-9-18(21)13(7-3)15(14)17/h5-6,8-9,21H,1-2,4,7H2,3H3/q+1. The predicted molar refractivity (Wildman–Crippen MR) is 77.2 cm³/mol. The summed E-state index contributed by atoms with van der Waals surface area (Å²) in [5.41, 5.74) is 1.31. The molecule has 2 heterocycles. The molecule has 108 valence electrons. The quantitative estimate of drug-likeness (QED) is 0.683. The average molecular weight is 287 g/mol. The van der Waals surface area contributed by atoms with Crippen LogP contribution < -0.4 is 9.63 Å². The molecule has 0 aromatic carbocycles. The zero-order valence-electron chi connectivity index (χ0n) is 11.8. The molecule has 0 atom stereocenters. The first kappa shape index (κ1) is 14.7. The van der Waals surface area contributed by atoms with E-state index in [1.807, 2.05) is 0 Å². The van der Waals surface area contributed by atoms with Gasteiger partial charge in [-0.3, -0.25) is 14.9 Å². The maximum absolute atomic E-state index is 14.5. The topological polar surface area (TPSA) is 44.4 Å². The number of pyridine rings is 1. The van der Waals surface area contributed by atoms with Crippen LogP contribution in [-0.2, 0) is 11.2 Å². The largest absolute Gasteiger partial charge is 0.285 e. The molecule has 0 saturated heterocycles. The van der Waals surface area contributed by atoms with Crippen LogP contribution in [0.2, 0.25) is 0 Å². The van der Waals surface area contributed by atoms with Crippen LogP contribution >= 0.6 is 0 Å². The van der Waals surface area contributed by atoms with Gasteiger partial charge in [-0.25, -0.2) is 0 Å². The van der Waals surface area contributed by atoms with Crippen molar-refractivity contribution in [3.05, 3.63) is 72.5 Å². The molecule has 5 heteroatoms. The molecule has 1 aliphatic rings. The fraction of sp³-hybridized carbons (Fsp3) is 0.125. The highest BCUT2D eigenvalue weighted by molar-refractivity contribution is 6.15. The van der Waals surface area contributed by atoms with Gasteiger partial charge in [-0.15, -0.1) is 0 Å². The zero-order chi connectivity index (χ0) is 15.7. The molecule has 0 unspecified atom stereocenters. The smallest absolute Gasteiger partial charge is 0.271 e. The number of anilines is 1. The normalized spacial score (nSPS) is 14.9. The monoisotopic (exact) mass is 287 g/mol. The zero-order valence-corrected chi connectivity index (χ0v) is 11.8. The van der Waals surface area contributed by atoms with Crippen molar-refractivity contribution < 1.29 is 19.1 Å². The molecule has 2 rings (SSSR count). The number of carbonyl (C=O) groups excluding carboxylic acids is 1. The van der Waals surface area contributed by atoms with Gasteiger partial charge in [-0.1, -0.05) is 38.8 Å². The molecule has 0 radical (unpaired) electrons. The van der Waals surface area contributed by atoms with Gasteiger partial charge >= 0.3 is 0 Å². The second-order valence-electron chi connectivity index (χ2n) is 4.48. The molecule has 1 aliphatic heterocycles. The summed E-state index contributed by atoms with van der Waals surface area (Å²) in [6.07, 6.45) is 4.46. The summed E-state index contributed by atoms with van der Waals surface area (Å²) >= 11 is 0. The summed E-state index contributed by atoms with van der Waals surface area (Å²) in [7, 11) is 0. The molecule has 0 fully saturated rings. The van der Waals surface area contributed by atoms with Crippen LogP contribution in [0.1, 0.15) is 12.6 Å². The van der Waals surface area contributed by atoms with E-state index in [4.69, 9.17) is 0 Å². The lowest BCUT2D eigenvalue weighted by Crippen LogP contribution is -2.37. The van der Waals surface area contributed by atoms with Gasteiger partial charge in [0, 0.05) is 28.4 Å². The Morgan fingerprint density at radius 2 is 2.00 bits per heavy atom. The number of aromatic nitrogens is 1. The van der Waals surface area contributed by atoms with Gasteiger partial charge in [0.25, 0.3) is 11.6 Å². The molecule has 0 saturated carbocycles. The lowest BCUT2D eigenvalue weighted by molar-refractivity contribution is -0.910. The average Bonchev–Trinajstić information content (AvgIpc) is 2.70. The Bertz CT molecular complexity index is 674. The third-order valence-electron chi connectivity index (χ3n) is 3.42. The lowest BCUT2D eigenvalue weighted by Gasteiger charge is -2.18. The molecule has 1 aromatic heterocycles. The SMILES string of the molecule is C=CC1=C(C=C)C(=O)N(c2cc[n+](O)c(CC)c2F)C1=C. The Morgan fingerprint density at radius 1 is 1.38 bits per heavy atom. The van der Waals surface area contributed by atoms with Crippen molar-refractivity contribution in [1.82, 2.24) is 0 Å². The third kappa shape index (κ3) is 2.07. The van der Waals surface area contributed by atoms with E-state index in [9.17, 15) is 14.4 Å². The number of rotatable bonds is 4. The van der Waals surface area contributed by atoms with Crippen molar-refractivity contribution in [1.29, 1.82) is 0 Å². The molecule has 0 spiro atoms. The minimum absolute atomic E-state index is 0.0448. The third-order valence-corrected chi connectivity index (χ3v) is 3.42. The van der Waals surface area contributed by atoms with Gasteiger partial charge < -0.3 is 0 Å². The summed E-state index contributed by atoms with van der Waals surface area (Å²) < 4.78 is 15.2. The van der Waals surface area contributed by atoms with E-state index in [0.717, 1.165) is 0 Å². The van der Waals surface area contributed by atoms with Crippen molar-refractivity contribution in [3.63, 3.8) is 0 Å². The predicted octanol–water partition coefficient (Wildman–Crippen LogP) is 2.44. The first-order valence-corrected chi connectivity index (χ1v) is 6.43. The first-order chi connectivity index (χ1) is 9.97. The highest BCUT2D eigenvalue weighted by Crippen LogP contribution is 2.35. The Kier molecular flexibility index (Phi) is 3.76. The summed E-state index contributed by atoms with van der Waals surface area (Å²) in [6, 6.07) is 1.32. The number of halogens is 1. The summed E-state index contributed by atoms with van der Waals surface area (Å²) in [6.45, 7) is 12.8. The van der Waals surface area contributed by atoms with Crippen LogP contribution in [0.15, 0.2) is 61.0 Å². The van der Waals surface area contributed by atoms with Gasteiger partial charge in [-0.05, 0) is 0 Å². The second kappa shape index (κ2) is 5.36. The van der Waals surface area contributed by atoms with Crippen LogP contribution in [0.25, 0.3) is 0 Å². The number of allylic oxidation sites excluding steroid dienone is 1. The van der Waals surface area contributed by atoms with E-state index in [1.54, 1.807) is 6.92 Å². The molecular formula is C16H16FN2O2+. The maximum atomic E-state index is 14.5. The van der Waals surface area contributed by atoms with Crippen molar-refractivity contribution in [2.75, 3.05) is 4.90 Å². The number of hydrogen-bond donors (Lipinski definition) is 1. The summed E-state index contributed by atoms with van der Waals surface area (Å²) in [5.74, 6) is -1.08. The van der Waals surface area contributed by atoms with Gasteiger partial charge in [0.15, 0.2) is 0 Å². The number of amides is 1. The Labute approximate surface area is 122 Å². The Morgan fingerprint density at radius 3 is 2.48 bits per heavy atom. The lowest BCUT2D eigenvalue weighted by atomic mass is 10.1. The second-order valence-corrected chi connectivity index (χ2v) is 4.48. The minimum atomic E-state index is -0.661. The fourth-order valence-corrected chi connectivity index (χ4v) is 2.36. The summed E-state index contributed by atoms with van der Waals surface area (Å²) in [5, 5.41) is 9.59. The molecular weight excluding hydrogens is 271 g/mol. The van der Waals surface area contributed by atoms with E-state index in [0.29, 0.717) is 21.6 Å². The van der Waals surface area contributed by atoms with E-state index >= 15 is 0 Å². The van der Waals surface area contributed by atoms with Crippen molar-refractivity contribution in [3.8, 4) is 0 Å². The highest BCUT2D eigenvalue weighted by atomic mass is 19.1. The van der Waals surface area contributed by atoms with Gasteiger partial charge in [-0.2, -0.15) is 4.39 Å². The molecule has 1 N–H and O–H groups in total. The molecule has 0 aliphatic carbocycles. The Balaban J connectivity index is 2.61. The van der Waals surface area contributed by atoms with E-state index in [1.165, 1.54) is 29.3 Å². The molecule has 21 heavy (non-hydrogen) atoms. The van der Waals surface area contributed by atoms with E-state index < -0.39 is 11.7 Å². The van der Waals surface area contributed by atoms with Gasteiger partial charge in [0.2, 0.25) is 12.0 Å². The molecule has 4 nitrogen and oxygen atoms in total. The Hall–Kier alpha value is -2.69. The highest BCUT2D eigenvalue weighted by Gasteiger charge is 2.35. The van der Waals surface area contributed by atoms with Crippen LogP contribution in [-0.4, -0.2) is 11.1 Å².